The van der Waals surface area contributed by atoms with Crippen molar-refractivity contribution in [3.63, 3.8) is 0 Å². The van der Waals surface area contributed by atoms with Gasteiger partial charge in [-0.3, -0.25) is 4.79 Å². The molecule has 8 heteroatoms. The molecule has 0 saturated carbocycles. The summed E-state index contributed by atoms with van der Waals surface area (Å²) >= 11 is 0. The van der Waals surface area contributed by atoms with E-state index in [1.807, 2.05) is 17.9 Å². The second kappa shape index (κ2) is 8.73. The predicted molar refractivity (Wildman–Crippen MR) is 109 cm³/mol. The highest BCUT2D eigenvalue weighted by molar-refractivity contribution is 5.79. The summed E-state index contributed by atoms with van der Waals surface area (Å²) in [7, 11) is 0. The first-order chi connectivity index (χ1) is 14.1. The molecule has 2 aromatic rings. The minimum Gasteiger partial charge on any atom is -0.378 e. The third-order valence-corrected chi connectivity index (χ3v) is 5.35. The Bertz CT molecular complexity index is 847. The van der Waals surface area contributed by atoms with Gasteiger partial charge in [0.05, 0.1) is 19.6 Å². The van der Waals surface area contributed by atoms with E-state index in [4.69, 9.17) is 9.72 Å². The van der Waals surface area contributed by atoms with E-state index in [9.17, 15) is 9.18 Å². The number of halogens is 1. The zero-order valence-corrected chi connectivity index (χ0v) is 16.7. The van der Waals surface area contributed by atoms with Gasteiger partial charge in [0.25, 0.3) is 0 Å². The van der Waals surface area contributed by atoms with E-state index < -0.39 is 0 Å². The number of nitrogens with zero attached hydrogens (tertiary/aromatic N) is 5. The Kier molecular flexibility index (Phi) is 5.89. The first-order valence-corrected chi connectivity index (χ1v) is 10.0. The van der Waals surface area contributed by atoms with Crippen LogP contribution in [0.15, 0.2) is 30.3 Å². The van der Waals surface area contributed by atoms with Crippen LogP contribution in [-0.2, 0) is 16.0 Å². The maximum atomic E-state index is 13.0. The highest BCUT2D eigenvalue weighted by Gasteiger charge is 2.23. The predicted octanol–water partition coefficient (Wildman–Crippen LogP) is 1.65. The van der Waals surface area contributed by atoms with Crippen LogP contribution in [-0.4, -0.2) is 73.3 Å². The number of amides is 1. The summed E-state index contributed by atoms with van der Waals surface area (Å²) in [4.78, 5) is 28.2. The molecule has 0 aliphatic carbocycles. The Balaban J connectivity index is 1.37. The molecule has 4 rings (SSSR count). The number of carbonyl (C=O) groups is 1. The fourth-order valence-corrected chi connectivity index (χ4v) is 3.68. The maximum absolute atomic E-state index is 13.0. The quantitative estimate of drug-likeness (QED) is 0.779. The van der Waals surface area contributed by atoms with Gasteiger partial charge < -0.3 is 19.4 Å². The zero-order chi connectivity index (χ0) is 20.2. The third-order valence-electron chi connectivity index (χ3n) is 5.35. The molecule has 2 aliphatic heterocycles. The molecule has 0 unspecified atom stereocenters. The highest BCUT2D eigenvalue weighted by Crippen LogP contribution is 2.20. The van der Waals surface area contributed by atoms with E-state index in [0.717, 1.165) is 49.2 Å². The second-order valence-electron chi connectivity index (χ2n) is 7.44. The number of aromatic nitrogens is 2. The van der Waals surface area contributed by atoms with Gasteiger partial charge in [-0.15, -0.1) is 0 Å². The van der Waals surface area contributed by atoms with Gasteiger partial charge in [-0.1, -0.05) is 12.1 Å². The van der Waals surface area contributed by atoms with Gasteiger partial charge in [0.2, 0.25) is 11.9 Å². The van der Waals surface area contributed by atoms with Gasteiger partial charge in [0, 0.05) is 51.0 Å². The third kappa shape index (κ3) is 4.82. The molecule has 1 aromatic carbocycles. The number of anilines is 2. The van der Waals surface area contributed by atoms with E-state index in [0.29, 0.717) is 32.7 Å². The van der Waals surface area contributed by atoms with Gasteiger partial charge in [-0.05, 0) is 24.6 Å². The number of benzene rings is 1. The molecule has 2 fully saturated rings. The van der Waals surface area contributed by atoms with Crippen molar-refractivity contribution in [2.24, 2.45) is 0 Å². The molecule has 29 heavy (non-hydrogen) atoms. The molecule has 0 bridgehead atoms. The number of aryl methyl sites for hydroxylation is 1. The number of hydrogen-bond donors (Lipinski definition) is 0. The first kappa shape index (κ1) is 19.6. The summed E-state index contributed by atoms with van der Waals surface area (Å²) < 4.78 is 18.5. The summed E-state index contributed by atoms with van der Waals surface area (Å²) in [5.41, 5.74) is 1.77. The van der Waals surface area contributed by atoms with Crippen LogP contribution in [0.2, 0.25) is 0 Å². The molecule has 0 radical (unpaired) electrons. The molecular formula is C21H26FN5O2. The number of carbonyl (C=O) groups excluding carboxylic acids is 1. The largest absolute Gasteiger partial charge is 0.378 e. The van der Waals surface area contributed by atoms with E-state index in [-0.39, 0.29) is 11.7 Å². The minimum absolute atomic E-state index is 0.0733. The highest BCUT2D eigenvalue weighted by atomic mass is 19.1. The van der Waals surface area contributed by atoms with Crippen LogP contribution in [0.5, 0.6) is 0 Å². The van der Waals surface area contributed by atoms with Crippen molar-refractivity contribution in [2.75, 3.05) is 62.3 Å². The lowest BCUT2D eigenvalue weighted by Crippen LogP contribution is -2.49. The van der Waals surface area contributed by atoms with Crippen molar-refractivity contribution in [3.8, 4) is 0 Å². The summed E-state index contributed by atoms with van der Waals surface area (Å²) in [5, 5.41) is 0. The van der Waals surface area contributed by atoms with Crippen molar-refractivity contribution in [1.82, 2.24) is 14.9 Å². The van der Waals surface area contributed by atoms with Gasteiger partial charge in [-0.25, -0.2) is 9.37 Å². The second-order valence-corrected chi connectivity index (χ2v) is 7.44. The first-order valence-electron chi connectivity index (χ1n) is 10.0. The smallest absolute Gasteiger partial charge is 0.227 e. The molecule has 2 aliphatic rings. The summed E-state index contributed by atoms with van der Waals surface area (Å²) in [5.74, 6) is 1.44. The lowest BCUT2D eigenvalue weighted by Gasteiger charge is -2.36. The standard InChI is InChI=1S/C21H26FN5O2/c1-16-14-19(24-21(23-16)27-10-12-29-13-11-27)25-6-8-26(9-7-25)20(28)15-17-2-4-18(22)5-3-17/h2-5,14H,6-13,15H2,1H3. The summed E-state index contributed by atoms with van der Waals surface area (Å²) in [6, 6.07) is 8.12. The fourth-order valence-electron chi connectivity index (χ4n) is 3.68. The average molecular weight is 399 g/mol. The molecule has 1 aromatic heterocycles. The topological polar surface area (TPSA) is 61.8 Å². The lowest BCUT2D eigenvalue weighted by molar-refractivity contribution is -0.130. The van der Waals surface area contributed by atoms with Gasteiger partial charge in [0.1, 0.15) is 11.6 Å². The Labute approximate surface area is 170 Å². The molecule has 1 amide bonds. The maximum Gasteiger partial charge on any atom is 0.227 e. The zero-order valence-electron chi connectivity index (χ0n) is 16.7. The monoisotopic (exact) mass is 399 g/mol. The Hall–Kier alpha value is -2.74. The molecule has 3 heterocycles. The van der Waals surface area contributed by atoms with Crippen molar-refractivity contribution >= 4 is 17.7 Å². The number of ether oxygens (including phenoxy) is 1. The van der Waals surface area contributed by atoms with Gasteiger partial charge in [0.15, 0.2) is 0 Å². The average Bonchev–Trinajstić information content (AvgIpc) is 2.75. The van der Waals surface area contributed by atoms with E-state index >= 15 is 0 Å². The lowest BCUT2D eigenvalue weighted by atomic mass is 10.1. The molecular weight excluding hydrogens is 373 g/mol. The SMILES string of the molecule is Cc1cc(N2CCN(C(=O)Cc3ccc(F)cc3)CC2)nc(N2CCOCC2)n1. The molecule has 0 atom stereocenters. The van der Waals surface area contributed by atoms with Crippen LogP contribution >= 0.6 is 0 Å². The fraction of sp³-hybridized carbons (Fsp3) is 0.476. The molecule has 0 N–H and O–H groups in total. The molecule has 0 spiro atoms. The van der Waals surface area contributed by atoms with Crippen molar-refractivity contribution in [2.45, 2.75) is 13.3 Å². The van der Waals surface area contributed by atoms with Crippen LogP contribution in [0.1, 0.15) is 11.3 Å². The summed E-state index contributed by atoms with van der Waals surface area (Å²) in [6.07, 6.45) is 0.300. The van der Waals surface area contributed by atoms with Crippen LogP contribution in [0.4, 0.5) is 16.2 Å². The minimum atomic E-state index is -0.286. The number of morpholine rings is 1. The van der Waals surface area contributed by atoms with Crippen LogP contribution in [0.3, 0.4) is 0 Å². The van der Waals surface area contributed by atoms with Gasteiger partial charge >= 0.3 is 0 Å². The van der Waals surface area contributed by atoms with Gasteiger partial charge in [-0.2, -0.15) is 4.98 Å². The Morgan fingerprint density at radius 1 is 1.00 bits per heavy atom. The Morgan fingerprint density at radius 2 is 1.69 bits per heavy atom. The molecule has 7 nitrogen and oxygen atoms in total. The van der Waals surface area contributed by atoms with E-state index in [2.05, 4.69) is 14.8 Å². The molecule has 154 valence electrons. The number of hydrogen-bond acceptors (Lipinski definition) is 6. The molecule has 2 saturated heterocycles. The van der Waals surface area contributed by atoms with Crippen LogP contribution < -0.4 is 9.80 Å². The number of rotatable bonds is 4. The number of piperazine rings is 1. The van der Waals surface area contributed by atoms with Crippen molar-refractivity contribution < 1.29 is 13.9 Å². The summed E-state index contributed by atoms with van der Waals surface area (Å²) in [6.45, 7) is 7.73. The van der Waals surface area contributed by atoms with Crippen molar-refractivity contribution in [3.05, 3.63) is 47.4 Å². The van der Waals surface area contributed by atoms with E-state index in [1.54, 1.807) is 12.1 Å². The van der Waals surface area contributed by atoms with Crippen LogP contribution in [0.25, 0.3) is 0 Å². The van der Waals surface area contributed by atoms with Crippen LogP contribution in [0, 0.1) is 12.7 Å². The normalized spacial score (nSPS) is 17.5. The van der Waals surface area contributed by atoms with Crippen molar-refractivity contribution in [1.29, 1.82) is 0 Å². The Morgan fingerprint density at radius 3 is 2.38 bits per heavy atom. The van der Waals surface area contributed by atoms with E-state index in [1.165, 1.54) is 12.1 Å².